The molecule has 1 aliphatic rings. The maximum Gasteiger partial charge on any atom is 0.307 e. The van der Waals surface area contributed by atoms with Gasteiger partial charge < -0.3 is 10.2 Å². The van der Waals surface area contributed by atoms with E-state index in [0.717, 1.165) is 5.57 Å². The van der Waals surface area contributed by atoms with Gasteiger partial charge in [0.2, 0.25) is 0 Å². The Labute approximate surface area is 71.7 Å². The number of carboxylic acid groups (broad SMARTS) is 1. The van der Waals surface area contributed by atoms with Crippen LogP contribution in [-0.2, 0) is 4.79 Å². The molecule has 3 nitrogen and oxygen atoms in total. The molecule has 1 aliphatic carbocycles. The highest BCUT2D eigenvalue weighted by molar-refractivity contribution is 5.71. The third-order valence-electron chi connectivity index (χ3n) is 2.43. The van der Waals surface area contributed by atoms with E-state index < -0.39 is 5.97 Å². The number of hydrogen-bond donors (Lipinski definition) is 2. The van der Waals surface area contributed by atoms with E-state index in [1.54, 1.807) is 0 Å². The minimum atomic E-state index is -0.790. The molecule has 0 aromatic carbocycles. The molecule has 0 unspecified atom stereocenters. The van der Waals surface area contributed by atoms with Gasteiger partial charge in [-0.1, -0.05) is 11.6 Å². The first-order chi connectivity index (χ1) is 5.65. The predicted octanol–water partition coefficient (Wildman–Crippen LogP) is 1.04. The van der Waals surface area contributed by atoms with Crippen molar-refractivity contribution in [1.29, 1.82) is 0 Å². The molecule has 68 valence electrons. The third-order valence-corrected chi connectivity index (χ3v) is 2.43. The van der Waals surface area contributed by atoms with Crippen LogP contribution in [0.25, 0.3) is 0 Å². The van der Waals surface area contributed by atoms with Crippen LogP contribution in [0.4, 0.5) is 0 Å². The van der Waals surface area contributed by atoms with Crippen molar-refractivity contribution < 1.29 is 15.0 Å². The summed E-state index contributed by atoms with van der Waals surface area (Å²) in [5.74, 6) is -1.27. The molecule has 0 spiro atoms. The number of allylic oxidation sites excluding steroid dienone is 2. The molecular weight excluding hydrogens is 156 g/mol. The van der Waals surface area contributed by atoms with Gasteiger partial charge in [0, 0.05) is 6.61 Å². The summed E-state index contributed by atoms with van der Waals surface area (Å²) in [6.07, 6.45) is 3.29. The molecule has 0 saturated carbocycles. The zero-order valence-corrected chi connectivity index (χ0v) is 7.16. The number of aliphatic carboxylic acids is 1. The number of hydrogen-bond acceptors (Lipinski definition) is 2. The molecule has 0 saturated heterocycles. The van der Waals surface area contributed by atoms with E-state index in [1.807, 2.05) is 13.0 Å². The van der Waals surface area contributed by atoms with E-state index in [0.29, 0.717) is 12.8 Å². The highest BCUT2D eigenvalue weighted by Crippen LogP contribution is 2.29. The second-order valence-corrected chi connectivity index (χ2v) is 3.38. The monoisotopic (exact) mass is 170 g/mol. The van der Waals surface area contributed by atoms with Crippen molar-refractivity contribution in [2.45, 2.75) is 19.8 Å². The lowest BCUT2D eigenvalue weighted by atomic mass is 9.80. The van der Waals surface area contributed by atoms with E-state index in [9.17, 15) is 4.79 Å². The highest BCUT2D eigenvalue weighted by atomic mass is 16.4. The lowest BCUT2D eigenvalue weighted by Gasteiger charge is -2.25. The van der Waals surface area contributed by atoms with Crippen LogP contribution < -0.4 is 0 Å². The molecule has 2 atom stereocenters. The number of aliphatic hydroxyl groups excluding tert-OH is 1. The fourth-order valence-corrected chi connectivity index (χ4v) is 1.60. The summed E-state index contributed by atoms with van der Waals surface area (Å²) in [5.41, 5.74) is 1.12. The molecule has 0 aliphatic heterocycles. The van der Waals surface area contributed by atoms with Gasteiger partial charge in [0.15, 0.2) is 0 Å². The molecule has 0 radical (unpaired) electrons. The molecule has 2 N–H and O–H groups in total. The second-order valence-electron chi connectivity index (χ2n) is 3.38. The van der Waals surface area contributed by atoms with Gasteiger partial charge >= 0.3 is 5.97 Å². The molecule has 0 aromatic heterocycles. The lowest BCUT2D eigenvalue weighted by molar-refractivity contribution is -0.144. The fraction of sp³-hybridized carbons (Fsp3) is 0.667. The lowest BCUT2D eigenvalue weighted by Crippen LogP contribution is -2.28. The molecule has 0 heterocycles. The maximum atomic E-state index is 10.7. The van der Waals surface area contributed by atoms with E-state index in [4.69, 9.17) is 10.2 Å². The highest BCUT2D eigenvalue weighted by Gasteiger charge is 2.29. The van der Waals surface area contributed by atoms with Crippen LogP contribution in [0, 0.1) is 11.8 Å². The van der Waals surface area contributed by atoms with Crippen molar-refractivity contribution in [3.8, 4) is 0 Å². The summed E-state index contributed by atoms with van der Waals surface area (Å²) in [5, 5.41) is 17.7. The minimum absolute atomic E-state index is 0.0270. The van der Waals surface area contributed by atoms with Crippen LogP contribution in [0.1, 0.15) is 19.8 Å². The summed E-state index contributed by atoms with van der Waals surface area (Å²) >= 11 is 0. The van der Waals surface area contributed by atoms with Gasteiger partial charge in [-0.15, -0.1) is 0 Å². The first-order valence-corrected chi connectivity index (χ1v) is 4.14. The largest absolute Gasteiger partial charge is 0.481 e. The van der Waals surface area contributed by atoms with Crippen LogP contribution >= 0.6 is 0 Å². The smallest absolute Gasteiger partial charge is 0.307 e. The van der Waals surface area contributed by atoms with Gasteiger partial charge in [0.25, 0.3) is 0 Å². The van der Waals surface area contributed by atoms with Crippen LogP contribution in [0.5, 0.6) is 0 Å². The Bertz CT molecular complexity index is 208. The number of carbonyl (C=O) groups is 1. The van der Waals surface area contributed by atoms with Gasteiger partial charge in [-0.25, -0.2) is 0 Å². The van der Waals surface area contributed by atoms with Crippen molar-refractivity contribution in [2.75, 3.05) is 6.61 Å². The Morgan fingerprint density at radius 2 is 2.42 bits per heavy atom. The predicted molar refractivity (Wildman–Crippen MR) is 44.7 cm³/mol. The van der Waals surface area contributed by atoms with Crippen molar-refractivity contribution in [3.63, 3.8) is 0 Å². The zero-order chi connectivity index (χ0) is 9.14. The minimum Gasteiger partial charge on any atom is -0.481 e. The van der Waals surface area contributed by atoms with E-state index in [1.165, 1.54) is 0 Å². The van der Waals surface area contributed by atoms with Gasteiger partial charge in [0.05, 0.1) is 5.92 Å². The molecule has 3 heteroatoms. The number of rotatable bonds is 2. The summed E-state index contributed by atoms with van der Waals surface area (Å²) < 4.78 is 0. The van der Waals surface area contributed by atoms with Crippen molar-refractivity contribution in [3.05, 3.63) is 11.6 Å². The SMILES string of the molecule is CC1=CC[C@H](CO)[C@H](C(=O)O)C1. The molecule has 12 heavy (non-hydrogen) atoms. The van der Waals surface area contributed by atoms with Crippen molar-refractivity contribution >= 4 is 5.97 Å². The second kappa shape index (κ2) is 3.72. The Morgan fingerprint density at radius 1 is 1.75 bits per heavy atom. The summed E-state index contributed by atoms with van der Waals surface area (Å²) in [7, 11) is 0. The number of carboxylic acids is 1. The third kappa shape index (κ3) is 1.85. The molecule has 1 rings (SSSR count). The molecule has 0 aromatic rings. The normalized spacial score (nSPS) is 29.7. The first-order valence-electron chi connectivity index (χ1n) is 4.14. The van der Waals surface area contributed by atoms with Crippen molar-refractivity contribution in [1.82, 2.24) is 0 Å². The Balaban J connectivity index is 2.70. The first kappa shape index (κ1) is 9.26. The Hall–Kier alpha value is -0.830. The zero-order valence-electron chi connectivity index (χ0n) is 7.16. The van der Waals surface area contributed by atoms with Gasteiger partial charge in [-0.05, 0) is 25.7 Å². The summed E-state index contributed by atoms with van der Waals surface area (Å²) in [4.78, 5) is 10.7. The Morgan fingerprint density at radius 3 is 2.92 bits per heavy atom. The maximum absolute atomic E-state index is 10.7. The van der Waals surface area contributed by atoms with Crippen molar-refractivity contribution in [2.24, 2.45) is 11.8 Å². The summed E-state index contributed by atoms with van der Waals surface area (Å²) in [6, 6.07) is 0. The van der Waals surface area contributed by atoms with Crippen LogP contribution in [-0.4, -0.2) is 22.8 Å². The average molecular weight is 170 g/mol. The van der Waals surface area contributed by atoms with Gasteiger partial charge in [-0.2, -0.15) is 0 Å². The van der Waals surface area contributed by atoms with E-state index in [2.05, 4.69) is 0 Å². The fourth-order valence-electron chi connectivity index (χ4n) is 1.60. The summed E-state index contributed by atoms with van der Waals surface area (Å²) in [6.45, 7) is 1.91. The quantitative estimate of drug-likeness (QED) is 0.609. The van der Waals surface area contributed by atoms with Gasteiger partial charge in [0.1, 0.15) is 0 Å². The molecule has 0 amide bonds. The topological polar surface area (TPSA) is 57.5 Å². The molecule has 0 bridgehead atoms. The molecule has 0 fully saturated rings. The number of aliphatic hydroxyl groups is 1. The van der Waals surface area contributed by atoms with Crippen LogP contribution in [0.2, 0.25) is 0 Å². The Kier molecular flexibility index (Phi) is 2.87. The standard InChI is InChI=1S/C9H14O3/c1-6-2-3-7(5-10)8(4-6)9(11)12/h2,7-8,10H,3-5H2,1H3,(H,11,12)/t7-,8-/m1/s1. The molecular formula is C9H14O3. The van der Waals surface area contributed by atoms with E-state index in [-0.39, 0.29) is 18.4 Å². The van der Waals surface area contributed by atoms with Crippen LogP contribution in [0.15, 0.2) is 11.6 Å². The van der Waals surface area contributed by atoms with Crippen LogP contribution in [0.3, 0.4) is 0 Å². The van der Waals surface area contributed by atoms with Gasteiger partial charge in [-0.3, -0.25) is 4.79 Å². The van der Waals surface area contributed by atoms with E-state index >= 15 is 0 Å². The average Bonchev–Trinajstić information content (AvgIpc) is 2.04.